The van der Waals surface area contributed by atoms with E-state index in [1.54, 1.807) is 0 Å². The fourth-order valence-electron chi connectivity index (χ4n) is 2.51. The maximum Gasteiger partial charge on any atom is 0.111 e. The predicted octanol–water partition coefficient (Wildman–Crippen LogP) is 2.85. The minimum Gasteiger partial charge on any atom is -0.312 e. The second kappa shape index (κ2) is 6.12. The van der Waals surface area contributed by atoms with Crippen LogP contribution < -0.4 is 5.32 Å². The van der Waals surface area contributed by atoms with Gasteiger partial charge in [-0.2, -0.15) is 11.8 Å². The molecule has 0 aromatic carbocycles. The summed E-state index contributed by atoms with van der Waals surface area (Å²) < 4.78 is 0. The van der Waals surface area contributed by atoms with Crippen molar-refractivity contribution in [1.82, 2.24) is 15.2 Å². The number of thiazole rings is 1. The van der Waals surface area contributed by atoms with E-state index in [4.69, 9.17) is 4.98 Å². The predicted molar refractivity (Wildman–Crippen MR) is 84.2 cm³/mol. The first-order valence-corrected chi connectivity index (χ1v) is 9.25. The highest BCUT2D eigenvalue weighted by molar-refractivity contribution is 7.99. The van der Waals surface area contributed by atoms with Crippen LogP contribution in [0.1, 0.15) is 47.3 Å². The van der Waals surface area contributed by atoms with Crippen LogP contribution in [0.3, 0.4) is 0 Å². The summed E-state index contributed by atoms with van der Waals surface area (Å²) in [6.07, 6.45) is 2.69. The van der Waals surface area contributed by atoms with E-state index in [0.29, 0.717) is 6.04 Å². The molecule has 2 heterocycles. The highest BCUT2D eigenvalue weighted by Gasteiger charge is 2.32. The number of rotatable bonds is 5. The first-order valence-electron chi connectivity index (χ1n) is 7.27. The number of thioether (sulfide) groups is 1. The van der Waals surface area contributed by atoms with Crippen molar-refractivity contribution in [3.05, 3.63) is 15.6 Å². The maximum atomic E-state index is 5.02. The van der Waals surface area contributed by atoms with Crippen molar-refractivity contribution in [2.24, 2.45) is 0 Å². The molecule has 1 atom stereocenters. The average Bonchev–Trinajstić information content (AvgIpc) is 3.18. The van der Waals surface area contributed by atoms with E-state index in [1.165, 1.54) is 46.5 Å². The highest BCUT2D eigenvalue weighted by atomic mass is 32.2. The zero-order valence-corrected chi connectivity index (χ0v) is 13.4. The number of hydrogen-bond acceptors (Lipinski definition) is 5. The van der Waals surface area contributed by atoms with E-state index in [-0.39, 0.29) is 0 Å². The second-order valence-electron chi connectivity index (χ2n) is 5.49. The SMILES string of the molecule is CCNCc1sc(C2CSCCN2C)nc1C1CC1. The Morgan fingerprint density at radius 1 is 1.42 bits per heavy atom. The molecule has 19 heavy (non-hydrogen) atoms. The summed E-state index contributed by atoms with van der Waals surface area (Å²) in [5.74, 6) is 3.23. The van der Waals surface area contributed by atoms with Gasteiger partial charge < -0.3 is 5.32 Å². The lowest BCUT2D eigenvalue weighted by atomic mass is 10.2. The van der Waals surface area contributed by atoms with Gasteiger partial charge in [-0.05, 0) is 26.4 Å². The van der Waals surface area contributed by atoms with E-state index in [9.17, 15) is 0 Å². The molecule has 2 aliphatic rings. The molecule has 0 radical (unpaired) electrons. The molecule has 2 fully saturated rings. The van der Waals surface area contributed by atoms with Gasteiger partial charge in [0.15, 0.2) is 0 Å². The van der Waals surface area contributed by atoms with Gasteiger partial charge in [-0.25, -0.2) is 4.98 Å². The van der Waals surface area contributed by atoms with E-state index in [0.717, 1.165) is 19.0 Å². The van der Waals surface area contributed by atoms with Gasteiger partial charge in [-0.15, -0.1) is 11.3 Å². The fourth-order valence-corrected chi connectivity index (χ4v) is 5.12. The second-order valence-corrected chi connectivity index (χ2v) is 7.75. The van der Waals surface area contributed by atoms with Gasteiger partial charge in [0.05, 0.1) is 11.7 Å². The minimum atomic E-state index is 0.539. The molecule has 1 saturated heterocycles. The normalized spacial score (nSPS) is 24.8. The van der Waals surface area contributed by atoms with E-state index in [2.05, 4.69) is 35.9 Å². The van der Waals surface area contributed by atoms with Gasteiger partial charge in [0, 0.05) is 35.4 Å². The summed E-state index contributed by atoms with van der Waals surface area (Å²) in [7, 11) is 2.24. The third kappa shape index (κ3) is 3.15. The van der Waals surface area contributed by atoms with Crippen molar-refractivity contribution in [3.63, 3.8) is 0 Å². The molecule has 1 aliphatic heterocycles. The summed E-state index contributed by atoms with van der Waals surface area (Å²) in [5, 5.41) is 4.82. The van der Waals surface area contributed by atoms with Crippen molar-refractivity contribution in [3.8, 4) is 0 Å². The Morgan fingerprint density at radius 2 is 2.26 bits per heavy atom. The molecule has 3 rings (SSSR count). The molecule has 1 N–H and O–H groups in total. The molecule has 1 saturated carbocycles. The zero-order chi connectivity index (χ0) is 13.2. The first-order chi connectivity index (χ1) is 9.29. The lowest BCUT2D eigenvalue weighted by Gasteiger charge is -2.30. The van der Waals surface area contributed by atoms with Crippen LogP contribution in [0.25, 0.3) is 0 Å². The molecule has 1 aliphatic carbocycles. The van der Waals surface area contributed by atoms with Crippen LogP contribution in [0.4, 0.5) is 0 Å². The Hall–Kier alpha value is -0.100. The molecule has 1 unspecified atom stereocenters. The lowest BCUT2D eigenvalue weighted by Crippen LogP contribution is -2.32. The molecule has 0 bridgehead atoms. The Balaban J connectivity index is 1.80. The van der Waals surface area contributed by atoms with Crippen molar-refractivity contribution in [2.75, 3.05) is 31.6 Å². The molecule has 1 aromatic heterocycles. The Bertz CT molecular complexity index is 428. The molecule has 1 aromatic rings. The quantitative estimate of drug-likeness (QED) is 0.904. The Morgan fingerprint density at radius 3 is 2.95 bits per heavy atom. The number of nitrogens with one attached hydrogen (secondary N) is 1. The minimum absolute atomic E-state index is 0.539. The third-order valence-electron chi connectivity index (χ3n) is 3.92. The van der Waals surface area contributed by atoms with Gasteiger partial charge in [-0.1, -0.05) is 6.92 Å². The average molecular weight is 297 g/mol. The molecular weight excluding hydrogens is 274 g/mol. The van der Waals surface area contributed by atoms with Crippen molar-refractivity contribution in [2.45, 2.75) is 38.3 Å². The van der Waals surface area contributed by atoms with Gasteiger partial charge in [0.25, 0.3) is 0 Å². The van der Waals surface area contributed by atoms with Crippen LogP contribution in [-0.2, 0) is 6.54 Å². The smallest absolute Gasteiger partial charge is 0.111 e. The molecular formula is C14H23N3S2. The first kappa shape index (κ1) is 13.9. The van der Waals surface area contributed by atoms with Gasteiger partial charge >= 0.3 is 0 Å². The van der Waals surface area contributed by atoms with Crippen LogP contribution in [-0.4, -0.2) is 41.5 Å². The van der Waals surface area contributed by atoms with Crippen LogP contribution in [0.2, 0.25) is 0 Å². The summed E-state index contributed by atoms with van der Waals surface area (Å²) in [5.41, 5.74) is 1.41. The largest absolute Gasteiger partial charge is 0.312 e. The summed E-state index contributed by atoms with van der Waals surface area (Å²) in [6.45, 7) is 5.40. The van der Waals surface area contributed by atoms with Crippen LogP contribution in [0, 0.1) is 0 Å². The fraction of sp³-hybridized carbons (Fsp3) is 0.786. The monoisotopic (exact) mass is 297 g/mol. The van der Waals surface area contributed by atoms with Crippen LogP contribution >= 0.6 is 23.1 Å². The topological polar surface area (TPSA) is 28.2 Å². The van der Waals surface area contributed by atoms with Crippen LogP contribution in [0.15, 0.2) is 0 Å². The van der Waals surface area contributed by atoms with Crippen molar-refractivity contribution >= 4 is 23.1 Å². The number of nitrogens with zero attached hydrogens (tertiary/aromatic N) is 2. The van der Waals surface area contributed by atoms with E-state index in [1.807, 2.05) is 11.3 Å². The summed E-state index contributed by atoms with van der Waals surface area (Å²) in [4.78, 5) is 8.99. The van der Waals surface area contributed by atoms with Crippen molar-refractivity contribution in [1.29, 1.82) is 0 Å². The molecule has 3 nitrogen and oxygen atoms in total. The molecule has 5 heteroatoms. The molecule has 0 spiro atoms. The zero-order valence-electron chi connectivity index (χ0n) is 11.8. The third-order valence-corrected chi connectivity index (χ3v) is 6.12. The standard InChI is InChI=1S/C14H23N3S2/c1-3-15-8-12-13(10-4-5-10)16-14(19-12)11-9-18-7-6-17(11)2/h10-11,15H,3-9H2,1-2H3. The van der Waals surface area contributed by atoms with Gasteiger partial charge in [0.1, 0.15) is 5.01 Å². The van der Waals surface area contributed by atoms with Gasteiger partial charge in [-0.3, -0.25) is 4.90 Å². The van der Waals surface area contributed by atoms with E-state index >= 15 is 0 Å². The number of hydrogen-bond donors (Lipinski definition) is 1. The summed E-state index contributed by atoms with van der Waals surface area (Å²) in [6, 6.07) is 0.539. The highest BCUT2D eigenvalue weighted by Crippen LogP contribution is 2.44. The van der Waals surface area contributed by atoms with Gasteiger partial charge in [0.2, 0.25) is 0 Å². The van der Waals surface area contributed by atoms with Crippen LogP contribution in [0.5, 0.6) is 0 Å². The number of aromatic nitrogens is 1. The lowest BCUT2D eigenvalue weighted by molar-refractivity contribution is 0.274. The Kier molecular flexibility index (Phi) is 4.47. The summed E-state index contributed by atoms with van der Waals surface area (Å²) >= 11 is 4.02. The van der Waals surface area contributed by atoms with Crippen molar-refractivity contribution < 1.29 is 0 Å². The maximum absolute atomic E-state index is 5.02. The van der Waals surface area contributed by atoms with E-state index < -0.39 is 0 Å². The Labute approximate surface area is 124 Å². The molecule has 0 amide bonds. The molecule has 106 valence electrons.